The first kappa shape index (κ1) is 16.6. The van der Waals surface area contributed by atoms with Gasteiger partial charge in [0.05, 0.1) is 5.69 Å². The van der Waals surface area contributed by atoms with Crippen LogP contribution in [0.4, 0.5) is 14.5 Å². The topological polar surface area (TPSA) is 29.1 Å². The molecule has 0 atom stereocenters. The summed E-state index contributed by atoms with van der Waals surface area (Å²) < 4.78 is 27.9. The van der Waals surface area contributed by atoms with Gasteiger partial charge in [-0.05, 0) is 23.3 Å². The van der Waals surface area contributed by atoms with E-state index >= 15 is 0 Å². The fourth-order valence-electron chi connectivity index (χ4n) is 2.45. The van der Waals surface area contributed by atoms with Gasteiger partial charge in [-0.3, -0.25) is 4.79 Å². The quantitative estimate of drug-likeness (QED) is 0.645. The van der Waals surface area contributed by atoms with E-state index < -0.39 is 17.5 Å². The van der Waals surface area contributed by atoms with E-state index in [-0.39, 0.29) is 5.69 Å². The van der Waals surface area contributed by atoms with E-state index in [0.717, 1.165) is 11.6 Å². The third-order valence-corrected chi connectivity index (χ3v) is 3.61. The Bertz CT molecular complexity index is 906. The van der Waals surface area contributed by atoms with Crippen LogP contribution in [0.15, 0.2) is 78.9 Å². The van der Waals surface area contributed by atoms with E-state index in [1.54, 1.807) is 36.4 Å². The summed E-state index contributed by atoms with van der Waals surface area (Å²) in [6.45, 7) is 0. The molecule has 0 aliphatic heterocycles. The summed E-state index contributed by atoms with van der Waals surface area (Å²) in [4.78, 5) is 12.1. The van der Waals surface area contributed by atoms with Gasteiger partial charge in [0.2, 0.25) is 5.91 Å². The maximum atomic E-state index is 14.2. The molecule has 2 nitrogen and oxygen atoms in total. The lowest BCUT2D eigenvalue weighted by Crippen LogP contribution is -2.11. The molecule has 0 saturated carbocycles. The van der Waals surface area contributed by atoms with Gasteiger partial charge in [-0.1, -0.05) is 60.7 Å². The summed E-state index contributed by atoms with van der Waals surface area (Å²) in [7, 11) is 0. The molecule has 1 amide bonds. The summed E-state index contributed by atoms with van der Waals surface area (Å²) in [6, 6.07) is 20.0. The zero-order chi connectivity index (χ0) is 17.6. The molecule has 124 valence electrons. The molecular formula is C21H15F2NO. The molecule has 0 fully saturated rings. The number of nitrogens with one attached hydrogen (secondary N) is 1. The summed E-state index contributed by atoms with van der Waals surface area (Å²) in [5, 5.41) is 2.51. The van der Waals surface area contributed by atoms with E-state index in [1.165, 1.54) is 12.1 Å². The summed E-state index contributed by atoms with van der Waals surface area (Å²) in [6.07, 6.45) is 2.94. The lowest BCUT2D eigenvalue weighted by Gasteiger charge is -2.12. The molecule has 3 aromatic carbocycles. The fraction of sp³-hybridized carbons (Fsp3) is 0. The van der Waals surface area contributed by atoms with Crippen LogP contribution in [0.25, 0.3) is 17.2 Å². The van der Waals surface area contributed by atoms with Gasteiger partial charge in [-0.15, -0.1) is 0 Å². The molecule has 0 spiro atoms. The molecule has 3 aromatic rings. The highest BCUT2D eigenvalue weighted by atomic mass is 19.1. The van der Waals surface area contributed by atoms with Gasteiger partial charge < -0.3 is 5.32 Å². The van der Waals surface area contributed by atoms with Crippen molar-refractivity contribution in [2.75, 3.05) is 5.32 Å². The number of anilines is 1. The SMILES string of the molecule is O=C(C=Cc1ccccc1)Nc1c(F)cc(F)cc1-c1ccccc1. The van der Waals surface area contributed by atoms with Gasteiger partial charge in [0.15, 0.2) is 0 Å². The van der Waals surface area contributed by atoms with Crippen molar-refractivity contribution in [2.24, 2.45) is 0 Å². The van der Waals surface area contributed by atoms with Crippen molar-refractivity contribution in [1.29, 1.82) is 0 Å². The Morgan fingerprint density at radius 3 is 2.20 bits per heavy atom. The van der Waals surface area contributed by atoms with Gasteiger partial charge in [-0.2, -0.15) is 0 Å². The molecule has 1 N–H and O–H groups in total. The second-order valence-corrected chi connectivity index (χ2v) is 5.41. The normalized spacial score (nSPS) is 10.8. The maximum Gasteiger partial charge on any atom is 0.248 e. The number of carbonyl (C=O) groups is 1. The third-order valence-electron chi connectivity index (χ3n) is 3.61. The van der Waals surface area contributed by atoms with Gasteiger partial charge >= 0.3 is 0 Å². The molecule has 0 radical (unpaired) electrons. The smallest absolute Gasteiger partial charge is 0.248 e. The van der Waals surface area contributed by atoms with Crippen LogP contribution < -0.4 is 5.32 Å². The number of halogens is 2. The summed E-state index contributed by atoms with van der Waals surface area (Å²) in [5.41, 5.74) is 1.71. The Morgan fingerprint density at radius 2 is 1.52 bits per heavy atom. The van der Waals surface area contributed by atoms with Crippen molar-refractivity contribution in [1.82, 2.24) is 0 Å². The first-order valence-corrected chi connectivity index (χ1v) is 7.72. The predicted octanol–water partition coefficient (Wildman–Crippen LogP) is 5.28. The van der Waals surface area contributed by atoms with Crippen molar-refractivity contribution in [3.63, 3.8) is 0 Å². The van der Waals surface area contributed by atoms with Gasteiger partial charge in [0.25, 0.3) is 0 Å². The largest absolute Gasteiger partial charge is 0.319 e. The highest BCUT2D eigenvalue weighted by Gasteiger charge is 2.14. The van der Waals surface area contributed by atoms with E-state index in [4.69, 9.17) is 0 Å². The van der Waals surface area contributed by atoms with Crippen LogP contribution in [0.5, 0.6) is 0 Å². The monoisotopic (exact) mass is 335 g/mol. The van der Waals surface area contributed by atoms with Crippen LogP contribution in [0.3, 0.4) is 0 Å². The van der Waals surface area contributed by atoms with Crippen molar-refractivity contribution >= 4 is 17.7 Å². The molecule has 3 rings (SSSR count). The van der Waals surface area contributed by atoms with E-state index in [1.807, 2.05) is 30.3 Å². The minimum atomic E-state index is -0.819. The molecule has 0 unspecified atom stereocenters. The lowest BCUT2D eigenvalue weighted by atomic mass is 10.0. The summed E-state index contributed by atoms with van der Waals surface area (Å²) in [5.74, 6) is -2.01. The van der Waals surface area contributed by atoms with Crippen LogP contribution >= 0.6 is 0 Å². The van der Waals surface area contributed by atoms with Crippen LogP contribution in [0, 0.1) is 11.6 Å². The molecule has 0 saturated heterocycles. The molecule has 25 heavy (non-hydrogen) atoms. The van der Waals surface area contributed by atoms with Crippen LogP contribution in [0.2, 0.25) is 0 Å². The van der Waals surface area contributed by atoms with Gasteiger partial charge in [-0.25, -0.2) is 8.78 Å². The fourth-order valence-corrected chi connectivity index (χ4v) is 2.45. The summed E-state index contributed by atoms with van der Waals surface area (Å²) >= 11 is 0. The van der Waals surface area contributed by atoms with E-state index in [9.17, 15) is 13.6 Å². The molecular weight excluding hydrogens is 320 g/mol. The molecule has 0 heterocycles. The van der Waals surface area contributed by atoms with Crippen molar-refractivity contribution < 1.29 is 13.6 Å². The van der Waals surface area contributed by atoms with E-state index in [2.05, 4.69) is 5.32 Å². The number of hydrogen-bond donors (Lipinski definition) is 1. The molecule has 4 heteroatoms. The number of hydrogen-bond acceptors (Lipinski definition) is 1. The highest BCUT2D eigenvalue weighted by Crippen LogP contribution is 2.31. The average Bonchev–Trinajstić information content (AvgIpc) is 2.63. The Labute approximate surface area is 144 Å². The first-order chi connectivity index (χ1) is 12.1. The van der Waals surface area contributed by atoms with Crippen molar-refractivity contribution in [2.45, 2.75) is 0 Å². The minimum Gasteiger partial charge on any atom is -0.319 e. The number of carbonyl (C=O) groups excluding carboxylic acids is 1. The van der Waals surface area contributed by atoms with Gasteiger partial charge in [0, 0.05) is 17.7 Å². The Hall–Kier alpha value is -3.27. The Kier molecular flexibility index (Phi) is 5.00. The zero-order valence-electron chi connectivity index (χ0n) is 13.2. The Balaban J connectivity index is 1.89. The third kappa shape index (κ3) is 4.18. The zero-order valence-corrected chi connectivity index (χ0v) is 13.2. The van der Waals surface area contributed by atoms with Gasteiger partial charge in [0.1, 0.15) is 11.6 Å². The lowest BCUT2D eigenvalue weighted by molar-refractivity contribution is -0.111. The highest BCUT2D eigenvalue weighted by molar-refractivity contribution is 6.04. The average molecular weight is 335 g/mol. The maximum absolute atomic E-state index is 14.2. The predicted molar refractivity (Wildman–Crippen MR) is 95.9 cm³/mol. The minimum absolute atomic E-state index is 0.0460. The van der Waals surface area contributed by atoms with Crippen molar-refractivity contribution in [3.05, 3.63) is 96.1 Å². The molecule has 0 bridgehead atoms. The van der Waals surface area contributed by atoms with Crippen LogP contribution in [-0.4, -0.2) is 5.91 Å². The standard InChI is InChI=1S/C21H15F2NO/c22-17-13-18(16-9-5-2-6-10-16)21(19(23)14-17)24-20(25)12-11-15-7-3-1-4-8-15/h1-14H,(H,24,25). The van der Waals surface area contributed by atoms with Crippen LogP contribution in [0.1, 0.15) is 5.56 Å². The number of rotatable bonds is 4. The van der Waals surface area contributed by atoms with Crippen LogP contribution in [-0.2, 0) is 4.79 Å². The molecule has 0 aliphatic rings. The second-order valence-electron chi connectivity index (χ2n) is 5.41. The number of amides is 1. The number of benzene rings is 3. The van der Waals surface area contributed by atoms with Crippen molar-refractivity contribution in [3.8, 4) is 11.1 Å². The first-order valence-electron chi connectivity index (χ1n) is 7.72. The molecule has 0 aromatic heterocycles. The second kappa shape index (κ2) is 7.53. The Morgan fingerprint density at radius 1 is 0.880 bits per heavy atom. The van der Waals surface area contributed by atoms with E-state index in [0.29, 0.717) is 11.1 Å². The molecule has 0 aliphatic carbocycles.